The van der Waals surface area contributed by atoms with Crippen molar-refractivity contribution >= 4 is 17.8 Å². The monoisotopic (exact) mass is 284 g/mol. The Kier molecular flexibility index (Phi) is 6.48. The van der Waals surface area contributed by atoms with E-state index in [-0.39, 0.29) is 29.6 Å². The summed E-state index contributed by atoms with van der Waals surface area (Å²) in [6.07, 6.45) is 2.39. The van der Waals surface area contributed by atoms with Crippen molar-refractivity contribution in [2.75, 3.05) is 13.1 Å². The maximum atomic E-state index is 11.9. The molecule has 6 heteroatoms. The molecular weight excluding hydrogens is 260 g/mol. The van der Waals surface area contributed by atoms with Crippen LogP contribution >= 0.6 is 0 Å². The van der Waals surface area contributed by atoms with Crippen LogP contribution in [0.4, 0.5) is 0 Å². The third-order valence-electron chi connectivity index (χ3n) is 3.70. The summed E-state index contributed by atoms with van der Waals surface area (Å²) in [6, 6.07) is 0. The molecule has 1 rings (SSSR count). The van der Waals surface area contributed by atoms with E-state index in [1.54, 1.807) is 0 Å². The first-order chi connectivity index (χ1) is 9.41. The number of nitrogens with one attached hydrogen (secondary N) is 2. The number of hydrogen-bond donors (Lipinski definition) is 3. The van der Waals surface area contributed by atoms with Gasteiger partial charge in [0.05, 0.1) is 5.92 Å². The second-order valence-electron chi connectivity index (χ2n) is 5.62. The van der Waals surface area contributed by atoms with Gasteiger partial charge in [-0.2, -0.15) is 0 Å². The van der Waals surface area contributed by atoms with Gasteiger partial charge < -0.3 is 15.7 Å². The maximum Gasteiger partial charge on any atom is 0.306 e. The molecule has 0 aromatic rings. The lowest BCUT2D eigenvalue weighted by Gasteiger charge is -2.25. The molecule has 0 unspecified atom stereocenters. The predicted molar refractivity (Wildman–Crippen MR) is 73.9 cm³/mol. The highest BCUT2D eigenvalue weighted by molar-refractivity contribution is 5.80. The summed E-state index contributed by atoms with van der Waals surface area (Å²) < 4.78 is 0. The van der Waals surface area contributed by atoms with Gasteiger partial charge in [-0.15, -0.1) is 0 Å². The summed E-state index contributed by atoms with van der Waals surface area (Å²) in [4.78, 5) is 34.0. The molecule has 3 N–H and O–H groups in total. The number of amides is 2. The second kappa shape index (κ2) is 7.87. The molecule has 1 aliphatic rings. The fourth-order valence-corrected chi connectivity index (χ4v) is 2.32. The van der Waals surface area contributed by atoms with Crippen molar-refractivity contribution in [1.29, 1.82) is 0 Å². The van der Waals surface area contributed by atoms with Gasteiger partial charge in [-0.05, 0) is 25.7 Å². The molecule has 1 fully saturated rings. The molecule has 0 spiro atoms. The van der Waals surface area contributed by atoms with Crippen LogP contribution in [0, 0.1) is 17.8 Å². The normalized spacial score (nSPS) is 22.4. The first-order valence-corrected chi connectivity index (χ1v) is 7.20. The van der Waals surface area contributed by atoms with E-state index in [0.29, 0.717) is 38.8 Å². The van der Waals surface area contributed by atoms with Crippen molar-refractivity contribution in [2.45, 2.75) is 39.5 Å². The van der Waals surface area contributed by atoms with E-state index in [0.717, 1.165) is 0 Å². The van der Waals surface area contributed by atoms with E-state index in [1.807, 2.05) is 13.8 Å². The Morgan fingerprint density at radius 3 is 2.00 bits per heavy atom. The van der Waals surface area contributed by atoms with Crippen LogP contribution < -0.4 is 10.6 Å². The smallest absolute Gasteiger partial charge is 0.306 e. The summed E-state index contributed by atoms with van der Waals surface area (Å²) in [7, 11) is 0. The Bertz CT molecular complexity index is 360. The molecule has 0 atom stereocenters. The van der Waals surface area contributed by atoms with Gasteiger partial charge in [0.2, 0.25) is 11.8 Å². The van der Waals surface area contributed by atoms with E-state index in [9.17, 15) is 14.4 Å². The van der Waals surface area contributed by atoms with Crippen molar-refractivity contribution < 1.29 is 19.5 Å². The fraction of sp³-hybridized carbons (Fsp3) is 0.786. The largest absolute Gasteiger partial charge is 0.481 e. The maximum absolute atomic E-state index is 11.9. The summed E-state index contributed by atoms with van der Waals surface area (Å²) in [5.74, 6) is -1.28. The highest BCUT2D eigenvalue weighted by Gasteiger charge is 2.29. The van der Waals surface area contributed by atoms with Gasteiger partial charge in [0.15, 0.2) is 0 Å². The topological polar surface area (TPSA) is 95.5 Å². The molecule has 1 aliphatic carbocycles. The molecule has 0 saturated heterocycles. The van der Waals surface area contributed by atoms with Crippen LogP contribution in [-0.2, 0) is 14.4 Å². The SMILES string of the molecule is CC(C)C(=O)NCCNC(=O)C1CCC(C(=O)O)CC1. The van der Waals surface area contributed by atoms with Gasteiger partial charge in [-0.25, -0.2) is 0 Å². The molecule has 0 aromatic carbocycles. The van der Waals surface area contributed by atoms with Gasteiger partial charge in [0.1, 0.15) is 0 Å². The summed E-state index contributed by atoms with van der Waals surface area (Å²) in [5, 5.41) is 14.4. The van der Waals surface area contributed by atoms with Crippen molar-refractivity contribution in [3.8, 4) is 0 Å². The second-order valence-corrected chi connectivity index (χ2v) is 5.62. The van der Waals surface area contributed by atoms with Crippen LogP contribution in [0.5, 0.6) is 0 Å². The summed E-state index contributed by atoms with van der Waals surface area (Å²) in [5.41, 5.74) is 0. The van der Waals surface area contributed by atoms with Crippen LogP contribution in [0.25, 0.3) is 0 Å². The van der Waals surface area contributed by atoms with Crippen LogP contribution in [0.3, 0.4) is 0 Å². The molecule has 2 amide bonds. The molecule has 1 saturated carbocycles. The highest BCUT2D eigenvalue weighted by atomic mass is 16.4. The van der Waals surface area contributed by atoms with Crippen LogP contribution in [-0.4, -0.2) is 36.0 Å². The van der Waals surface area contributed by atoms with Gasteiger partial charge in [0, 0.05) is 24.9 Å². The van der Waals surface area contributed by atoms with Gasteiger partial charge in [-0.3, -0.25) is 14.4 Å². The Morgan fingerprint density at radius 2 is 1.50 bits per heavy atom. The van der Waals surface area contributed by atoms with E-state index < -0.39 is 5.97 Å². The van der Waals surface area contributed by atoms with Crippen molar-refractivity contribution in [2.24, 2.45) is 17.8 Å². The zero-order valence-corrected chi connectivity index (χ0v) is 12.1. The average Bonchev–Trinajstić information content (AvgIpc) is 2.43. The number of aliphatic carboxylic acids is 1. The molecule has 0 heterocycles. The number of carboxylic acid groups (broad SMARTS) is 1. The van der Waals surface area contributed by atoms with Gasteiger partial charge in [-0.1, -0.05) is 13.8 Å². The Labute approximate surface area is 119 Å². The van der Waals surface area contributed by atoms with Gasteiger partial charge in [0.25, 0.3) is 0 Å². The number of carbonyl (C=O) groups is 3. The molecule has 0 radical (unpaired) electrons. The number of rotatable bonds is 6. The van der Waals surface area contributed by atoms with Crippen LogP contribution in [0.2, 0.25) is 0 Å². The van der Waals surface area contributed by atoms with Crippen LogP contribution in [0.15, 0.2) is 0 Å². The van der Waals surface area contributed by atoms with Crippen molar-refractivity contribution in [3.63, 3.8) is 0 Å². The molecular formula is C14H24N2O4. The van der Waals surface area contributed by atoms with E-state index >= 15 is 0 Å². The van der Waals surface area contributed by atoms with Crippen molar-refractivity contribution in [1.82, 2.24) is 10.6 Å². The molecule has 0 aliphatic heterocycles. The first kappa shape index (κ1) is 16.5. The zero-order valence-electron chi connectivity index (χ0n) is 12.1. The van der Waals surface area contributed by atoms with E-state index in [1.165, 1.54) is 0 Å². The summed E-state index contributed by atoms with van der Waals surface area (Å²) >= 11 is 0. The lowest BCUT2D eigenvalue weighted by atomic mass is 9.81. The number of carbonyl (C=O) groups excluding carboxylic acids is 2. The number of carboxylic acids is 1. The molecule has 6 nitrogen and oxygen atoms in total. The van der Waals surface area contributed by atoms with E-state index in [2.05, 4.69) is 10.6 Å². The minimum absolute atomic E-state index is 0.0267. The Hall–Kier alpha value is -1.59. The zero-order chi connectivity index (χ0) is 15.1. The van der Waals surface area contributed by atoms with E-state index in [4.69, 9.17) is 5.11 Å². The third kappa shape index (κ3) is 5.19. The third-order valence-corrected chi connectivity index (χ3v) is 3.70. The minimum atomic E-state index is -0.764. The Morgan fingerprint density at radius 1 is 1.00 bits per heavy atom. The van der Waals surface area contributed by atoms with Gasteiger partial charge >= 0.3 is 5.97 Å². The molecule has 20 heavy (non-hydrogen) atoms. The highest BCUT2D eigenvalue weighted by Crippen LogP contribution is 2.28. The summed E-state index contributed by atoms with van der Waals surface area (Å²) in [6.45, 7) is 4.47. The molecule has 0 bridgehead atoms. The van der Waals surface area contributed by atoms with Crippen LogP contribution in [0.1, 0.15) is 39.5 Å². The lowest BCUT2D eigenvalue weighted by Crippen LogP contribution is -2.39. The first-order valence-electron chi connectivity index (χ1n) is 7.20. The minimum Gasteiger partial charge on any atom is -0.481 e. The fourth-order valence-electron chi connectivity index (χ4n) is 2.32. The Balaban J connectivity index is 2.18. The van der Waals surface area contributed by atoms with Crippen molar-refractivity contribution in [3.05, 3.63) is 0 Å². The predicted octanol–water partition coefficient (Wildman–Crippen LogP) is 0.766. The standard InChI is InChI=1S/C14H24N2O4/c1-9(2)12(17)15-7-8-16-13(18)10-3-5-11(6-4-10)14(19)20/h9-11H,3-8H2,1-2H3,(H,15,17)(H,16,18)(H,19,20). The quantitative estimate of drug-likeness (QED) is 0.628. The molecule has 114 valence electrons. The number of hydrogen-bond acceptors (Lipinski definition) is 3. The molecule has 0 aromatic heterocycles. The average molecular weight is 284 g/mol. The lowest BCUT2D eigenvalue weighted by molar-refractivity contribution is -0.144.